The number of nitrogens with one attached hydrogen (secondary N) is 2. The summed E-state index contributed by atoms with van der Waals surface area (Å²) in [5.74, 6) is -0.0835. The van der Waals surface area contributed by atoms with Gasteiger partial charge in [-0.15, -0.1) is 0 Å². The second kappa shape index (κ2) is 4.94. The maximum absolute atomic E-state index is 12.2. The average Bonchev–Trinajstić information content (AvgIpc) is 2.97. The lowest BCUT2D eigenvalue weighted by molar-refractivity contribution is 0.0952. The molecule has 2 N–H and O–H groups in total. The fraction of sp³-hybridized carbons (Fsp3) is 0.0667. The third-order valence-corrected chi connectivity index (χ3v) is 3.01. The number of hydrogen-bond donors (Lipinski definition) is 2. The lowest BCUT2D eigenvalue weighted by atomic mass is 10.1. The van der Waals surface area contributed by atoms with Gasteiger partial charge in [0.2, 0.25) is 0 Å². The molecule has 3 aromatic rings. The van der Waals surface area contributed by atoms with E-state index in [2.05, 4.69) is 15.3 Å². The van der Waals surface area contributed by atoms with Crippen LogP contribution in [-0.2, 0) is 6.54 Å². The molecule has 0 bridgehead atoms. The third-order valence-electron chi connectivity index (χ3n) is 3.01. The van der Waals surface area contributed by atoms with E-state index in [1.807, 2.05) is 42.7 Å². The Bertz CT molecular complexity index is 699. The molecule has 0 saturated carbocycles. The summed E-state index contributed by atoms with van der Waals surface area (Å²) >= 11 is 0. The number of fused-ring (bicyclic) bond motifs is 1. The topological polar surface area (TPSA) is 57.8 Å². The van der Waals surface area contributed by atoms with Crippen molar-refractivity contribution in [1.82, 2.24) is 15.3 Å². The predicted molar refractivity (Wildman–Crippen MR) is 73.7 cm³/mol. The number of carbonyl (C=O) groups is 1. The van der Waals surface area contributed by atoms with E-state index in [0.717, 1.165) is 16.5 Å². The molecule has 0 aliphatic carbocycles. The number of pyridine rings is 1. The zero-order valence-corrected chi connectivity index (χ0v) is 10.3. The van der Waals surface area contributed by atoms with Gasteiger partial charge >= 0.3 is 0 Å². The quantitative estimate of drug-likeness (QED) is 0.751. The summed E-state index contributed by atoms with van der Waals surface area (Å²) in [7, 11) is 0. The van der Waals surface area contributed by atoms with Crippen molar-refractivity contribution in [1.29, 1.82) is 0 Å². The minimum absolute atomic E-state index is 0.0835. The lowest BCUT2D eigenvalue weighted by Gasteiger charge is -2.06. The number of H-pyrrole nitrogens is 1. The highest BCUT2D eigenvalue weighted by Gasteiger charge is 2.09. The second-order valence-corrected chi connectivity index (χ2v) is 4.28. The van der Waals surface area contributed by atoms with Gasteiger partial charge in [0.05, 0.1) is 11.1 Å². The number of para-hydroxylation sites is 1. The summed E-state index contributed by atoms with van der Waals surface area (Å²) in [5.41, 5.74) is 2.53. The molecule has 0 aliphatic rings. The van der Waals surface area contributed by atoms with Gasteiger partial charge in [0, 0.05) is 30.5 Å². The molecule has 0 atom stereocenters. The summed E-state index contributed by atoms with van der Waals surface area (Å²) in [4.78, 5) is 19.4. The van der Waals surface area contributed by atoms with Crippen LogP contribution in [0.1, 0.15) is 15.9 Å². The molecule has 1 aromatic carbocycles. The van der Waals surface area contributed by atoms with Crippen LogP contribution in [-0.4, -0.2) is 15.9 Å². The molecule has 0 spiro atoms. The molecule has 0 radical (unpaired) electrons. The third kappa shape index (κ3) is 2.33. The zero-order chi connectivity index (χ0) is 13.1. The average molecular weight is 251 g/mol. The summed E-state index contributed by atoms with van der Waals surface area (Å²) < 4.78 is 0. The normalized spacial score (nSPS) is 10.5. The number of nitrogens with zero attached hydrogens (tertiary/aromatic N) is 1. The Balaban J connectivity index is 1.85. The number of amides is 1. The summed E-state index contributed by atoms with van der Waals surface area (Å²) in [6, 6.07) is 11.3. The monoisotopic (exact) mass is 251 g/mol. The van der Waals surface area contributed by atoms with Crippen molar-refractivity contribution in [2.45, 2.75) is 6.54 Å². The first-order chi connectivity index (χ1) is 9.34. The molecule has 0 saturated heterocycles. The molecule has 0 fully saturated rings. The maximum Gasteiger partial charge on any atom is 0.252 e. The molecule has 1 amide bonds. The van der Waals surface area contributed by atoms with Crippen LogP contribution in [0.15, 0.2) is 55.0 Å². The highest BCUT2D eigenvalue weighted by Crippen LogP contribution is 2.16. The van der Waals surface area contributed by atoms with Crippen molar-refractivity contribution >= 4 is 16.8 Å². The van der Waals surface area contributed by atoms with Crippen LogP contribution in [0.25, 0.3) is 10.9 Å². The first kappa shape index (κ1) is 11.5. The largest absolute Gasteiger partial charge is 0.367 e. The van der Waals surface area contributed by atoms with Crippen LogP contribution in [0.3, 0.4) is 0 Å². The van der Waals surface area contributed by atoms with E-state index in [1.54, 1.807) is 12.3 Å². The number of carbonyl (C=O) groups excluding carboxylic acids is 1. The Morgan fingerprint density at radius 3 is 2.95 bits per heavy atom. The van der Waals surface area contributed by atoms with Crippen LogP contribution in [0, 0.1) is 0 Å². The molecule has 94 valence electrons. The minimum Gasteiger partial charge on any atom is -0.367 e. The molecular weight excluding hydrogens is 238 g/mol. The van der Waals surface area contributed by atoms with Crippen molar-refractivity contribution in [3.8, 4) is 0 Å². The van der Waals surface area contributed by atoms with Crippen molar-refractivity contribution in [2.24, 2.45) is 0 Å². The van der Waals surface area contributed by atoms with Gasteiger partial charge in [0.25, 0.3) is 5.91 Å². The zero-order valence-electron chi connectivity index (χ0n) is 10.3. The Kier molecular flexibility index (Phi) is 2.98. The maximum atomic E-state index is 12.2. The highest BCUT2D eigenvalue weighted by molar-refractivity contribution is 6.05. The van der Waals surface area contributed by atoms with Gasteiger partial charge in [-0.05, 0) is 23.8 Å². The van der Waals surface area contributed by atoms with Crippen LogP contribution in [0.4, 0.5) is 0 Å². The van der Waals surface area contributed by atoms with E-state index in [-0.39, 0.29) is 5.91 Å². The Hall–Kier alpha value is -2.62. The summed E-state index contributed by atoms with van der Waals surface area (Å²) in [6.45, 7) is 0.513. The van der Waals surface area contributed by atoms with Gasteiger partial charge in [0.1, 0.15) is 0 Å². The molecule has 4 heteroatoms. The van der Waals surface area contributed by atoms with E-state index in [9.17, 15) is 4.79 Å². The SMILES string of the molecule is O=C(NCc1cc[nH]c1)c1ccnc2ccccc12. The van der Waals surface area contributed by atoms with Crippen molar-refractivity contribution in [2.75, 3.05) is 0 Å². The van der Waals surface area contributed by atoms with E-state index >= 15 is 0 Å². The fourth-order valence-electron chi connectivity index (χ4n) is 2.04. The number of aromatic amines is 1. The fourth-order valence-corrected chi connectivity index (χ4v) is 2.04. The van der Waals surface area contributed by atoms with Gasteiger partial charge in [-0.2, -0.15) is 0 Å². The van der Waals surface area contributed by atoms with Crippen molar-refractivity contribution < 1.29 is 4.79 Å². The van der Waals surface area contributed by atoms with Crippen LogP contribution in [0.5, 0.6) is 0 Å². The smallest absolute Gasteiger partial charge is 0.252 e. The van der Waals surface area contributed by atoms with E-state index < -0.39 is 0 Å². The number of rotatable bonds is 3. The first-order valence-corrected chi connectivity index (χ1v) is 6.08. The van der Waals surface area contributed by atoms with Crippen LogP contribution >= 0.6 is 0 Å². The molecule has 0 aliphatic heterocycles. The Labute approximate surface area is 110 Å². The van der Waals surface area contributed by atoms with Crippen LogP contribution in [0.2, 0.25) is 0 Å². The minimum atomic E-state index is -0.0835. The number of benzene rings is 1. The number of aromatic nitrogens is 2. The van der Waals surface area contributed by atoms with Crippen LogP contribution < -0.4 is 5.32 Å². The van der Waals surface area contributed by atoms with E-state index in [1.165, 1.54) is 0 Å². The summed E-state index contributed by atoms with van der Waals surface area (Å²) in [6.07, 6.45) is 5.36. The van der Waals surface area contributed by atoms with Crippen molar-refractivity contribution in [3.63, 3.8) is 0 Å². The molecule has 3 rings (SSSR count). The van der Waals surface area contributed by atoms with Gasteiger partial charge < -0.3 is 10.3 Å². The Morgan fingerprint density at radius 2 is 2.11 bits per heavy atom. The Morgan fingerprint density at radius 1 is 1.21 bits per heavy atom. The molecule has 4 nitrogen and oxygen atoms in total. The highest BCUT2D eigenvalue weighted by atomic mass is 16.1. The standard InChI is InChI=1S/C15H13N3O/c19-15(18-10-11-5-7-16-9-11)13-6-8-17-14-4-2-1-3-12(13)14/h1-9,16H,10H2,(H,18,19). The molecule has 19 heavy (non-hydrogen) atoms. The second-order valence-electron chi connectivity index (χ2n) is 4.28. The predicted octanol–water partition coefficient (Wildman–Crippen LogP) is 2.49. The summed E-state index contributed by atoms with van der Waals surface area (Å²) in [5, 5.41) is 3.78. The van der Waals surface area contributed by atoms with Gasteiger partial charge in [-0.1, -0.05) is 18.2 Å². The molecular formula is C15H13N3O. The van der Waals surface area contributed by atoms with Gasteiger partial charge in [-0.3, -0.25) is 9.78 Å². The van der Waals surface area contributed by atoms with E-state index in [0.29, 0.717) is 12.1 Å². The first-order valence-electron chi connectivity index (χ1n) is 6.08. The van der Waals surface area contributed by atoms with Gasteiger partial charge in [0.15, 0.2) is 0 Å². The molecule has 2 heterocycles. The molecule has 2 aromatic heterocycles. The van der Waals surface area contributed by atoms with Crippen molar-refractivity contribution in [3.05, 3.63) is 66.1 Å². The van der Waals surface area contributed by atoms with E-state index in [4.69, 9.17) is 0 Å². The lowest BCUT2D eigenvalue weighted by Crippen LogP contribution is -2.22. The molecule has 0 unspecified atom stereocenters. The number of hydrogen-bond acceptors (Lipinski definition) is 2. The van der Waals surface area contributed by atoms with Gasteiger partial charge in [-0.25, -0.2) is 0 Å².